The van der Waals surface area contributed by atoms with Crippen LogP contribution in [0.4, 0.5) is 13.2 Å². The Kier molecular flexibility index (Phi) is 5.53. The van der Waals surface area contributed by atoms with Gasteiger partial charge in [0, 0.05) is 16.7 Å². The fourth-order valence-electron chi connectivity index (χ4n) is 1.53. The van der Waals surface area contributed by atoms with E-state index in [0.717, 1.165) is 6.54 Å². The summed E-state index contributed by atoms with van der Waals surface area (Å²) in [5.41, 5.74) is 0.133. The lowest BCUT2D eigenvalue weighted by atomic mass is 10.1. The smallest absolute Gasteiger partial charge is 0.313 e. The van der Waals surface area contributed by atoms with E-state index in [2.05, 4.69) is 5.32 Å². The van der Waals surface area contributed by atoms with Gasteiger partial charge in [-0.1, -0.05) is 26.8 Å². The normalized spacial score (nSPS) is 12.2. The molecule has 0 heterocycles. The molecule has 1 aromatic carbocycles. The summed E-state index contributed by atoms with van der Waals surface area (Å²) in [6, 6.07) is 4.57. The number of thioether (sulfide) groups is 1. The van der Waals surface area contributed by atoms with E-state index < -0.39 is 11.7 Å². The third kappa shape index (κ3) is 4.53. The molecule has 0 amide bonds. The highest BCUT2D eigenvalue weighted by atomic mass is 32.2. The third-order valence-electron chi connectivity index (χ3n) is 2.29. The van der Waals surface area contributed by atoms with Crippen LogP contribution < -0.4 is 5.32 Å². The molecular weight excluding hydrogens is 259 g/mol. The van der Waals surface area contributed by atoms with Crippen molar-refractivity contribution in [2.75, 3.05) is 6.54 Å². The lowest BCUT2D eigenvalue weighted by molar-refractivity contribution is -0.139. The van der Waals surface area contributed by atoms with Crippen molar-refractivity contribution < 1.29 is 13.2 Å². The van der Waals surface area contributed by atoms with E-state index >= 15 is 0 Å². The largest absolute Gasteiger partial charge is 0.417 e. The lowest BCUT2D eigenvalue weighted by Crippen LogP contribution is -2.14. The van der Waals surface area contributed by atoms with Crippen molar-refractivity contribution in [2.24, 2.45) is 0 Å². The van der Waals surface area contributed by atoms with Crippen LogP contribution in [0.1, 0.15) is 31.9 Å². The number of nitrogens with one attached hydrogen (secondary N) is 1. The topological polar surface area (TPSA) is 12.0 Å². The summed E-state index contributed by atoms with van der Waals surface area (Å²) >= 11 is 1.24. The number of rotatable bonds is 5. The number of alkyl halides is 3. The van der Waals surface area contributed by atoms with Gasteiger partial charge in [-0.05, 0) is 24.2 Å². The number of hydrogen-bond acceptors (Lipinski definition) is 2. The second-order valence-electron chi connectivity index (χ2n) is 4.28. The maximum Gasteiger partial charge on any atom is 0.417 e. The molecule has 0 aliphatic carbocycles. The van der Waals surface area contributed by atoms with Crippen LogP contribution in [0.2, 0.25) is 0 Å². The monoisotopic (exact) mass is 277 g/mol. The standard InChI is InChI=1S/C13H18F3NS/c1-4-17-8-10-5-6-12(18-9(2)3)11(7-10)13(14,15)16/h5-7,9,17H,4,8H2,1-3H3. The van der Waals surface area contributed by atoms with Gasteiger partial charge in [0.2, 0.25) is 0 Å². The Morgan fingerprint density at radius 2 is 1.94 bits per heavy atom. The Morgan fingerprint density at radius 3 is 2.44 bits per heavy atom. The van der Waals surface area contributed by atoms with Crippen molar-refractivity contribution in [3.63, 3.8) is 0 Å². The van der Waals surface area contributed by atoms with Crippen molar-refractivity contribution in [1.29, 1.82) is 0 Å². The molecule has 0 radical (unpaired) electrons. The quantitative estimate of drug-likeness (QED) is 0.805. The maximum absolute atomic E-state index is 13.0. The van der Waals surface area contributed by atoms with Gasteiger partial charge in [-0.3, -0.25) is 0 Å². The molecule has 0 aliphatic rings. The predicted molar refractivity (Wildman–Crippen MR) is 69.8 cm³/mol. The van der Waals surface area contributed by atoms with E-state index in [0.29, 0.717) is 17.0 Å². The zero-order valence-electron chi connectivity index (χ0n) is 10.8. The molecule has 0 aromatic heterocycles. The molecule has 0 atom stereocenters. The molecule has 0 spiro atoms. The number of halogens is 3. The van der Waals surface area contributed by atoms with Crippen LogP contribution in [0.25, 0.3) is 0 Å². The Hall–Kier alpha value is -0.680. The van der Waals surface area contributed by atoms with Crippen LogP contribution >= 0.6 is 11.8 Å². The summed E-state index contributed by atoms with van der Waals surface area (Å²) in [4.78, 5) is 0.303. The highest BCUT2D eigenvalue weighted by Crippen LogP contribution is 2.38. The maximum atomic E-state index is 13.0. The highest BCUT2D eigenvalue weighted by Gasteiger charge is 2.33. The summed E-state index contributed by atoms with van der Waals surface area (Å²) in [7, 11) is 0. The molecule has 1 rings (SSSR count). The first kappa shape index (κ1) is 15.4. The van der Waals surface area contributed by atoms with Crippen molar-refractivity contribution >= 4 is 11.8 Å². The minimum absolute atomic E-state index is 0.130. The molecule has 1 aromatic rings. The van der Waals surface area contributed by atoms with Gasteiger partial charge in [0.15, 0.2) is 0 Å². The molecular formula is C13H18F3NS. The zero-order chi connectivity index (χ0) is 13.8. The average Bonchev–Trinajstić information content (AvgIpc) is 2.25. The van der Waals surface area contributed by atoms with E-state index in [1.807, 2.05) is 20.8 Å². The van der Waals surface area contributed by atoms with E-state index in [1.165, 1.54) is 17.8 Å². The van der Waals surface area contributed by atoms with Crippen LogP contribution in [0.3, 0.4) is 0 Å². The van der Waals surface area contributed by atoms with Crippen molar-refractivity contribution in [2.45, 2.75) is 43.6 Å². The Balaban J connectivity index is 3.05. The van der Waals surface area contributed by atoms with Gasteiger partial charge >= 0.3 is 6.18 Å². The van der Waals surface area contributed by atoms with Gasteiger partial charge in [-0.15, -0.1) is 11.8 Å². The van der Waals surface area contributed by atoms with Crippen LogP contribution in [0, 0.1) is 0 Å². The SMILES string of the molecule is CCNCc1ccc(SC(C)C)c(C(F)(F)F)c1. The van der Waals surface area contributed by atoms with Crippen LogP contribution in [-0.2, 0) is 12.7 Å². The van der Waals surface area contributed by atoms with E-state index in [-0.39, 0.29) is 5.25 Å². The lowest BCUT2D eigenvalue weighted by Gasteiger charge is -2.15. The zero-order valence-corrected chi connectivity index (χ0v) is 11.6. The van der Waals surface area contributed by atoms with Gasteiger partial charge in [0.05, 0.1) is 5.56 Å². The fourth-order valence-corrected chi connectivity index (χ4v) is 2.49. The van der Waals surface area contributed by atoms with Crippen LogP contribution in [-0.4, -0.2) is 11.8 Å². The van der Waals surface area contributed by atoms with E-state index in [4.69, 9.17) is 0 Å². The molecule has 0 saturated heterocycles. The second-order valence-corrected chi connectivity index (χ2v) is 5.89. The van der Waals surface area contributed by atoms with Crippen LogP contribution in [0.15, 0.2) is 23.1 Å². The summed E-state index contributed by atoms with van der Waals surface area (Å²) in [6.07, 6.45) is -4.29. The minimum atomic E-state index is -4.29. The molecule has 5 heteroatoms. The van der Waals surface area contributed by atoms with Crippen molar-refractivity contribution in [1.82, 2.24) is 5.32 Å². The molecule has 1 nitrogen and oxygen atoms in total. The molecule has 0 fully saturated rings. The van der Waals surface area contributed by atoms with Gasteiger partial charge in [-0.2, -0.15) is 13.2 Å². The minimum Gasteiger partial charge on any atom is -0.313 e. The van der Waals surface area contributed by atoms with Gasteiger partial charge in [0.1, 0.15) is 0 Å². The first-order chi connectivity index (χ1) is 8.34. The van der Waals surface area contributed by atoms with Gasteiger partial charge in [-0.25, -0.2) is 0 Å². The van der Waals surface area contributed by atoms with Crippen molar-refractivity contribution in [3.05, 3.63) is 29.3 Å². The summed E-state index contributed by atoms with van der Waals surface area (Å²) in [6.45, 7) is 6.90. The van der Waals surface area contributed by atoms with E-state index in [9.17, 15) is 13.2 Å². The summed E-state index contributed by atoms with van der Waals surface area (Å²) in [5.74, 6) is 0. The molecule has 0 aliphatic heterocycles. The molecule has 0 unspecified atom stereocenters. The Morgan fingerprint density at radius 1 is 1.28 bits per heavy atom. The molecule has 1 N–H and O–H groups in total. The van der Waals surface area contributed by atoms with Crippen molar-refractivity contribution in [3.8, 4) is 0 Å². The Bertz CT molecular complexity index is 388. The predicted octanol–water partition coefficient (Wildman–Crippen LogP) is 4.32. The Labute approximate surface area is 110 Å². The highest BCUT2D eigenvalue weighted by molar-refractivity contribution is 8.00. The second kappa shape index (κ2) is 6.48. The van der Waals surface area contributed by atoms with Crippen LogP contribution in [0.5, 0.6) is 0 Å². The fraction of sp³-hybridized carbons (Fsp3) is 0.538. The first-order valence-electron chi connectivity index (χ1n) is 5.92. The first-order valence-corrected chi connectivity index (χ1v) is 6.80. The molecule has 0 saturated carbocycles. The average molecular weight is 277 g/mol. The summed E-state index contributed by atoms with van der Waals surface area (Å²) in [5, 5.41) is 3.16. The molecule has 102 valence electrons. The van der Waals surface area contributed by atoms with E-state index in [1.54, 1.807) is 12.1 Å². The van der Waals surface area contributed by atoms with Gasteiger partial charge < -0.3 is 5.32 Å². The molecule has 0 bridgehead atoms. The van der Waals surface area contributed by atoms with Gasteiger partial charge in [0.25, 0.3) is 0 Å². The third-order valence-corrected chi connectivity index (χ3v) is 3.37. The molecule has 18 heavy (non-hydrogen) atoms. The number of hydrogen-bond donors (Lipinski definition) is 1. The number of benzene rings is 1. The summed E-state index contributed by atoms with van der Waals surface area (Å²) < 4.78 is 38.9.